The molecule has 0 aromatic rings. The van der Waals surface area contributed by atoms with Gasteiger partial charge < -0.3 is 14.9 Å². The van der Waals surface area contributed by atoms with Crippen LogP contribution in [-0.4, -0.2) is 34.0 Å². The molecule has 12 unspecified atom stereocenters. The minimum absolute atomic E-state index is 0.0208. The maximum Gasteiger partial charge on any atom is 0.302 e. The summed E-state index contributed by atoms with van der Waals surface area (Å²) in [4.78, 5) is 12.4. The van der Waals surface area contributed by atoms with Crippen molar-refractivity contribution in [3.63, 3.8) is 0 Å². The van der Waals surface area contributed by atoms with Gasteiger partial charge in [0.15, 0.2) is 0 Å². The number of hydrogen-bond donors (Lipinski definition) is 2. The second kappa shape index (κ2) is 7.96. The first-order valence-corrected chi connectivity index (χ1v) is 15.0. The number of aliphatic hydroxyl groups is 2. The fourth-order valence-electron chi connectivity index (χ4n) is 12.2. The molecule has 0 aromatic heterocycles. The Morgan fingerprint density at radius 2 is 1.50 bits per heavy atom. The molecule has 5 aliphatic rings. The lowest BCUT2D eigenvalue weighted by molar-refractivity contribution is -0.294. The van der Waals surface area contributed by atoms with Crippen molar-refractivity contribution in [2.24, 2.45) is 56.7 Å². The number of fused-ring (bicyclic) bond motifs is 7. The van der Waals surface area contributed by atoms with Crippen LogP contribution in [0.25, 0.3) is 0 Å². The molecule has 0 amide bonds. The van der Waals surface area contributed by atoms with Gasteiger partial charge in [-0.2, -0.15) is 0 Å². The van der Waals surface area contributed by atoms with Gasteiger partial charge in [0.2, 0.25) is 0 Å². The summed E-state index contributed by atoms with van der Waals surface area (Å²) < 4.78 is 6.23. The minimum atomic E-state index is -0.643. The van der Waals surface area contributed by atoms with E-state index in [0.29, 0.717) is 23.7 Å². The summed E-state index contributed by atoms with van der Waals surface area (Å²) in [5, 5.41) is 23.2. The topological polar surface area (TPSA) is 66.8 Å². The maximum absolute atomic E-state index is 12.4. The number of aliphatic hydroxyl groups excluding tert-OH is 1. The first-order valence-electron chi connectivity index (χ1n) is 15.0. The van der Waals surface area contributed by atoms with Crippen LogP contribution in [0.3, 0.4) is 0 Å². The maximum atomic E-state index is 12.4. The molecule has 2 N–H and O–H groups in total. The lowest BCUT2D eigenvalue weighted by Gasteiger charge is -2.75. The highest BCUT2D eigenvalue weighted by molar-refractivity contribution is 5.66. The number of hydrogen-bond acceptors (Lipinski definition) is 4. The van der Waals surface area contributed by atoms with E-state index in [-0.39, 0.29) is 51.2 Å². The fraction of sp³-hybridized carbons (Fsp3) is 0.969. The predicted octanol–water partition coefficient (Wildman–Crippen LogP) is 6.76. The first kappa shape index (κ1) is 27.0. The monoisotopic (exact) mass is 502 g/mol. The van der Waals surface area contributed by atoms with E-state index in [2.05, 4.69) is 55.4 Å². The summed E-state index contributed by atoms with van der Waals surface area (Å²) >= 11 is 0. The van der Waals surface area contributed by atoms with Crippen LogP contribution in [-0.2, 0) is 9.53 Å². The van der Waals surface area contributed by atoms with Crippen LogP contribution in [0, 0.1) is 56.7 Å². The zero-order chi connectivity index (χ0) is 26.7. The average molecular weight is 503 g/mol. The van der Waals surface area contributed by atoms with Crippen molar-refractivity contribution in [2.75, 3.05) is 0 Å². The third-order valence-electron chi connectivity index (χ3n) is 14.2. The van der Waals surface area contributed by atoms with Crippen LogP contribution in [0.2, 0.25) is 0 Å². The Balaban J connectivity index is 1.62. The van der Waals surface area contributed by atoms with Crippen LogP contribution in [0.1, 0.15) is 120 Å². The van der Waals surface area contributed by atoms with Gasteiger partial charge in [-0.05, 0) is 115 Å². The molecule has 206 valence electrons. The molecule has 0 aromatic carbocycles. The average Bonchev–Trinajstić information content (AvgIpc) is 2.74. The van der Waals surface area contributed by atoms with Crippen LogP contribution >= 0.6 is 0 Å². The second-order valence-corrected chi connectivity index (χ2v) is 16.1. The summed E-state index contributed by atoms with van der Waals surface area (Å²) in [7, 11) is 0. The molecule has 4 nitrogen and oxygen atoms in total. The lowest BCUT2D eigenvalue weighted by atomic mass is 9.30. The number of ether oxygens (including phenoxy) is 1. The van der Waals surface area contributed by atoms with Crippen molar-refractivity contribution in [3.05, 3.63) is 0 Å². The largest absolute Gasteiger partial charge is 0.462 e. The van der Waals surface area contributed by atoms with Crippen molar-refractivity contribution < 1.29 is 19.7 Å². The van der Waals surface area contributed by atoms with Crippen LogP contribution in [0.4, 0.5) is 0 Å². The van der Waals surface area contributed by atoms with Crippen molar-refractivity contribution in [3.8, 4) is 0 Å². The van der Waals surface area contributed by atoms with Gasteiger partial charge in [-0.3, -0.25) is 4.79 Å². The molecular weight excluding hydrogens is 448 g/mol. The Kier molecular flexibility index (Phi) is 5.97. The standard InChI is InChI=1S/C32H54O4/c1-19-12-14-28(5)16-17-30(7)21(25(28)32(19,9)35)10-11-23-29(6)15-13-24(34)27(3,4)26(29)22(36-20(2)33)18-31(23,30)8/h19,21-26,34-35H,10-18H2,1-9H3. The van der Waals surface area contributed by atoms with Gasteiger partial charge in [-0.25, -0.2) is 0 Å². The van der Waals surface area contributed by atoms with E-state index in [1.807, 2.05) is 0 Å². The smallest absolute Gasteiger partial charge is 0.302 e. The van der Waals surface area contributed by atoms with Crippen LogP contribution < -0.4 is 0 Å². The Morgan fingerprint density at radius 3 is 2.14 bits per heavy atom. The summed E-state index contributed by atoms with van der Waals surface area (Å²) in [5.41, 5.74) is -0.592. The number of carbonyl (C=O) groups excluding carboxylic acids is 1. The van der Waals surface area contributed by atoms with E-state index in [4.69, 9.17) is 4.74 Å². The van der Waals surface area contributed by atoms with Crippen molar-refractivity contribution in [1.29, 1.82) is 0 Å². The van der Waals surface area contributed by atoms with Gasteiger partial charge >= 0.3 is 5.97 Å². The molecule has 5 fully saturated rings. The third-order valence-corrected chi connectivity index (χ3v) is 14.2. The molecule has 0 spiro atoms. The molecule has 0 bridgehead atoms. The van der Waals surface area contributed by atoms with E-state index in [9.17, 15) is 15.0 Å². The molecule has 0 saturated heterocycles. The van der Waals surface area contributed by atoms with E-state index in [0.717, 1.165) is 25.7 Å². The highest BCUT2D eigenvalue weighted by Gasteiger charge is 2.73. The number of carbonyl (C=O) groups is 1. The molecule has 0 heterocycles. The third kappa shape index (κ3) is 3.28. The van der Waals surface area contributed by atoms with E-state index in [1.54, 1.807) is 6.92 Å². The van der Waals surface area contributed by atoms with Crippen molar-refractivity contribution in [1.82, 2.24) is 0 Å². The van der Waals surface area contributed by atoms with Crippen LogP contribution in [0.5, 0.6) is 0 Å². The van der Waals surface area contributed by atoms with E-state index in [1.165, 1.54) is 32.1 Å². The summed E-state index contributed by atoms with van der Waals surface area (Å²) in [6, 6.07) is 0. The molecule has 4 heteroatoms. The predicted molar refractivity (Wildman–Crippen MR) is 143 cm³/mol. The molecule has 0 aliphatic heterocycles. The molecule has 5 rings (SSSR count). The number of rotatable bonds is 1. The van der Waals surface area contributed by atoms with Gasteiger partial charge in [-0.15, -0.1) is 0 Å². The van der Waals surface area contributed by atoms with Gasteiger partial charge in [0.05, 0.1) is 11.7 Å². The fourth-order valence-corrected chi connectivity index (χ4v) is 12.2. The minimum Gasteiger partial charge on any atom is -0.462 e. The van der Waals surface area contributed by atoms with Gasteiger partial charge in [0.25, 0.3) is 0 Å². The Labute approximate surface area is 220 Å². The lowest BCUT2D eigenvalue weighted by Crippen LogP contribution is -2.71. The van der Waals surface area contributed by atoms with Gasteiger partial charge in [0.1, 0.15) is 6.10 Å². The highest BCUT2D eigenvalue weighted by Crippen LogP contribution is 2.77. The molecule has 12 atom stereocenters. The Hall–Kier alpha value is -0.610. The van der Waals surface area contributed by atoms with E-state index >= 15 is 0 Å². The van der Waals surface area contributed by atoms with E-state index < -0.39 is 5.60 Å². The zero-order valence-electron chi connectivity index (χ0n) is 24.6. The van der Waals surface area contributed by atoms with Gasteiger partial charge in [-0.1, -0.05) is 48.5 Å². The highest BCUT2D eigenvalue weighted by atomic mass is 16.5. The molecule has 5 aliphatic carbocycles. The number of esters is 1. The zero-order valence-corrected chi connectivity index (χ0v) is 24.6. The Morgan fingerprint density at radius 1 is 0.833 bits per heavy atom. The molecule has 36 heavy (non-hydrogen) atoms. The SMILES string of the molecule is CC(=O)OC1CC2(C)C(CCC3C4C(C)(CCC(C)C4(C)O)CCC32C)C2(C)CCC(O)C(C)(C)C12. The van der Waals surface area contributed by atoms with Crippen LogP contribution in [0.15, 0.2) is 0 Å². The Bertz CT molecular complexity index is 905. The summed E-state index contributed by atoms with van der Waals surface area (Å²) in [5.74, 6) is 1.61. The van der Waals surface area contributed by atoms with Crippen molar-refractivity contribution >= 4 is 5.97 Å². The van der Waals surface area contributed by atoms with Gasteiger partial charge in [0, 0.05) is 12.8 Å². The normalized spacial score (nSPS) is 58.0. The molecule has 0 radical (unpaired) electrons. The summed E-state index contributed by atoms with van der Waals surface area (Å²) in [6.45, 7) is 20.4. The first-order chi connectivity index (χ1) is 16.4. The van der Waals surface area contributed by atoms with Crippen molar-refractivity contribution in [2.45, 2.75) is 138 Å². The molecular formula is C32H54O4. The summed E-state index contributed by atoms with van der Waals surface area (Å²) in [6.07, 6.45) is 9.25. The quantitative estimate of drug-likeness (QED) is 0.389. The second-order valence-electron chi connectivity index (χ2n) is 16.1. The molecule has 5 saturated carbocycles.